The maximum Gasteiger partial charge on any atom is 0.0402 e. The molecule has 0 saturated heterocycles. The van der Waals surface area contributed by atoms with Crippen LogP contribution in [0.25, 0.3) is 0 Å². The molecule has 0 unspecified atom stereocenters. The van der Waals surface area contributed by atoms with Crippen LogP contribution >= 0.6 is 0 Å². The van der Waals surface area contributed by atoms with Crippen molar-refractivity contribution >= 4 is 0 Å². The minimum atomic E-state index is 0.250. The first-order valence-corrected chi connectivity index (χ1v) is 5.07. The second kappa shape index (κ2) is 29.2. The zero-order valence-electron chi connectivity index (χ0n) is 9.93. The summed E-state index contributed by atoms with van der Waals surface area (Å²) in [4.78, 5) is 0. The van der Waals surface area contributed by atoms with E-state index in [1.807, 2.05) is 36.4 Å². The normalized spacial score (nSPS) is 6.80. The third-order valence-corrected chi connectivity index (χ3v) is 0.667. The molecular formula is C12H24O3. The molecule has 0 heterocycles. The van der Waals surface area contributed by atoms with E-state index in [0.717, 1.165) is 0 Å². The number of benzene rings is 1. The average Bonchev–Trinajstić information content (AvgIpc) is 2.24. The summed E-state index contributed by atoms with van der Waals surface area (Å²) in [6, 6.07) is 12.0. The Morgan fingerprint density at radius 2 is 0.600 bits per heavy atom. The molecule has 0 fully saturated rings. The molecule has 0 aliphatic heterocycles. The summed E-state index contributed by atoms with van der Waals surface area (Å²) < 4.78 is 0. The van der Waals surface area contributed by atoms with Gasteiger partial charge in [-0.05, 0) is 20.8 Å². The van der Waals surface area contributed by atoms with E-state index < -0.39 is 0 Å². The summed E-state index contributed by atoms with van der Waals surface area (Å²) in [5, 5.41) is 22.7. The van der Waals surface area contributed by atoms with E-state index in [1.165, 1.54) is 0 Å². The van der Waals surface area contributed by atoms with Crippen molar-refractivity contribution in [3.63, 3.8) is 0 Å². The lowest BCUT2D eigenvalue weighted by atomic mass is 10.4. The molecule has 1 aromatic rings. The SMILES string of the molecule is CCO.CCO.CCO.c1ccccc1. The minimum absolute atomic E-state index is 0.250. The van der Waals surface area contributed by atoms with E-state index in [2.05, 4.69) is 0 Å². The van der Waals surface area contributed by atoms with Crippen molar-refractivity contribution in [2.75, 3.05) is 19.8 Å². The van der Waals surface area contributed by atoms with Crippen LogP contribution in [0.15, 0.2) is 36.4 Å². The van der Waals surface area contributed by atoms with Gasteiger partial charge in [0.1, 0.15) is 0 Å². The maximum absolute atomic E-state index is 7.57. The molecule has 0 saturated carbocycles. The van der Waals surface area contributed by atoms with Crippen molar-refractivity contribution in [2.24, 2.45) is 0 Å². The molecule has 3 heteroatoms. The Morgan fingerprint density at radius 1 is 0.533 bits per heavy atom. The largest absolute Gasteiger partial charge is 0.397 e. The molecule has 0 bridgehead atoms. The van der Waals surface area contributed by atoms with Crippen LogP contribution in [0, 0.1) is 0 Å². The van der Waals surface area contributed by atoms with Gasteiger partial charge in [-0.2, -0.15) is 0 Å². The zero-order chi connectivity index (χ0) is 12.4. The van der Waals surface area contributed by atoms with Crippen LogP contribution in [0.1, 0.15) is 20.8 Å². The fourth-order valence-electron chi connectivity index (χ4n) is 0.385. The third-order valence-electron chi connectivity index (χ3n) is 0.667. The van der Waals surface area contributed by atoms with Crippen LogP contribution in [0.2, 0.25) is 0 Å². The molecule has 0 atom stereocenters. The van der Waals surface area contributed by atoms with E-state index >= 15 is 0 Å². The van der Waals surface area contributed by atoms with Crippen molar-refractivity contribution in [3.8, 4) is 0 Å². The van der Waals surface area contributed by atoms with Crippen molar-refractivity contribution in [1.82, 2.24) is 0 Å². The first kappa shape index (κ1) is 19.6. The Hall–Kier alpha value is -0.900. The molecule has 90 valence electrons. The predicted octanol–water partition coefficient (Wildman–Crippen LogP) is 1.68. The van der Waals surface area contributed by atoms with Crippen LogP contribution in [-0.2, 0) is 0 Å². The van der Waals surface area contributed by atoms with Crippen LogP contribution in [0.3, 0.4) is 0 Å². The van der Waals surface area contributed by atoms with Gasteiger partial charge in [-0.25, -0.2) is 0 Å². The summed E-state index contributed by atoms with van der Waals surface area (Å²) in [7, 11) is 0. The van der Waals surface area contributed by atoms with Gasteiger partial charge in [0.05, 0.1) is 0 Å². The van der Waals surface area contributed by atoms with Gasteiger partial charge < -0.3 is 15.3 Å². The fourth-order valence-corrected chi connectivity index (χ4v) is 0.385. The van der Waals surface area contributed by atoms with E-state index in [4.69, 9.17) is 15.3 Å². The van der Waals surface area contributed by atoms with Crippen molar-refractivity contribution in [2.45, 2.75) is 20.8 Å². The van der Waals surface area contributed by atoms with Gasteiger partial charge in [-0.15, -0.1) is 0 Å². The number of aliphatic hydroxyl groups is 3. The van der Waals surface area contributed by atoms with Crippen LogP contribution in [0.4, 0.5) is 0 Å². The quantitative estimate of drug-likeness (QED) is 0.618. The summed E-state index contributed by atoms with van der Waals surface area (Å²) in [6.45, 7) is 5.79. The molecule has 0 radical (unpaired) electrons. The number of hydrogen-bond acceptors (Lipinski definition) is 3. The highest BCUT2D eigenvalue weighted by molar-refractivity contribution is 4.99. The summed E-state index contributed by atoms with van der Waals surface area (Å²) in [5.74, 6) is 0. The lowest BCUT2D eigenvalue weighted by molar-refractivity contribution is 0.318. The van der Waals surface area contributed by atoms with Crippen LogP contribution in [-0.4, -0.2) is 35.1 Å². The van der Waals surface area contributed by atoms with E-state index in [1.54, 1.807) is 20.8 Å². The topological polar surface area (TPSA) is 60.7 Å². The summed E-state index contributed by atoms with van der Waals surface area (Å²) >= 11 is 0. The lowest BCUT2D eigenvalue weighted by Crippen LogP contribution is -1.57. The van der Waals surface area contributed by atoms with Gasteiger partial charge in [0, 0.05) is 19.8 Å². The van der Waals surface area contributed by atoms with Gasteiger partial charge in [-0.1, -0.05) is 36.4 Å². The Morgan fingerprint density at radius 3 is 0.667 bits per heavy atom. The molecule has 0 amide bonds. The second-order valence-electron chi connectivity index (χ2n) is 2.10. The Balaban J connectivity index is -0.000000140. The van der Waals surface area contributed by atoms with E-state index in [0.29, 0.717) is 0 Å². The summed E-state index contributed by atoms with van der Waals surface area (Å²) in [5.41, 5.74) is 0. The number of aliphatic hydroxyl groups excluding tert-OH is 3. The smallest absolute Gasteiger partial charge is 0.0402 e. The molecule has 0 aliphatic carbocycles. The number of rotatable bonds is 0. The first-order valence-electron chi connectivity index (χ1n) is 5.07. The van der Waals surface area contributed by atoms with E-state index in [9.17, 15) is 0 Å². The third kappa shape index (κ3) is 62.1. The molecule has 1 rings (SSSR count). The molecule has 3 nitrogen and oxygen atoms in total. The molecule has 1 aromatic carbocycles. The minimum Gasteiger partial charge on any atom is -0.397 e. The highest BCUT2D eigenvalue weighted by atomic mass is 16.3. The molecule has 0 aliphatic rings. The summed E-state index contributed by atoms with van der Waals surface area (Å²) in [6.07, 6.45) is 0. The molecule has 3 N–H and O–H groups in total. The molecule has 15 heavy (non-hydrogen) atoms. The highest BCUT2D eigenvalue weighted by Crippen LogP contribution is 1.79. The molecule has 0 aromatic heterocycles. The predicted molar refractivity (Wildman–Crippen MR) is 64.7 cm³/mol. The standard InChI is InChI=1S/C6H6.3C2H6O/c1-2-4-6-5-3-1;3*1-2-3/h1-6H;3*3H,2H2,1H3. The van der Waals surface area contributed by atoms with Crippen molar-refractivity contribution in [3.05, 3.63) is 36.4 Å². The highest BCUT2D eigenvalue weighted by Gasteiger charge is 1.57. The van der Waals surface area contributed by atoms with E-state index in [-0.39, 0.29) is 19.8 Å². The van der Waals surface area contributed by atoms with Crippen molar-refractivity contribution in [1.29, 1.82) is 0 Å². The Labute approximate surface area is 93.0 Å². The average molecular weight is 216 g/mol. The van der Waals surface area contributed by atoms with Crippen LogP contribution < -0.4 is 0 Å². The Bertz CT molecular complexity index is 111. The van der Waals surface area contributed by atoms with Crippen molar-refractivity contribution < 1.29 is 15.3 Å². The van der Waals surface area contributed by atoms with Crippen LogP contribution in [0.5, 0.6) is 0 Å². The fraction of sp³-hybridized carbons (Fsp3) is 0.500. The van der Waals surface area contributed by atoms with Gasteiger partial charge in [0.2, 0.25) is 0 Å². The van der Waals surface area contributed by atoms with Gasteiger partial charge in [0.25, 0.3) is 0 Å². The zero-order valence-corrected chi connectivity index (χ0v) is 9.93. The van der Waals surface area contributed by atoms with Gasteiger partial charge >= 0.3 is 0 Å². The Kier molecular flexibility index (Phi) is 38.3. The van der Waals surface area contributed by atoms with Gasteiger partial charge in [-0.3, -0.25) is 0 Å². The van der Waals surface area contributed by atoms with Gasteiger partial charge in [0.15, 0.2) is 0 Å². The second-order valence-corrected chi connectivity index (χ2v) is 2.10. The molecular weight excluding hydrogens is 192 g/mol. The molecule has 0 spiro atoms. The maximum atomic E-state index is 7.57. The monoisotopic (exact) mass is 216 g/mol. The first-order chi connectivity index (χ1) is 7.24. The lowest BCUT2D eigenvalue weighted by Gasteiger charge is -1.69. The number of hydrogen-bond donors (Lipinski definition) is 3.